The summed E-state index contributed by atoms with van der Waals surface area (Å²) in [5.41, 5.74) is 0.433. The van der Waals surface area contributed by atoms with Crippen molar-refractivity contribution in [3.05, 3.63) is 44.0 Å². The molecule has 86 valence electrons. The fourth-order valence-electron chi connectivity index (χ4n) is 1.62. The van der Waals surface area contributed by atoms with Crippen molar-refractivity contribution < 1.29 is 0 Å². The standard InChI is InChI=1S/C10H9N5O2/c1-5-8(6(2)14-13-5)15-4-7(3-11)9(16)12-10(15)17/h4H,1-2H3,(H,13,14)(H,12,16,17). The van der Waals surface area contributed by atoms with E-state index in [-0.39, 0.29) is 5.56 Å². The van der Waals surface area contributed by atoms with Gasteiger partial charge in [-0.05, 0) is 13.8 Å². The summed E-state index contributed by atoms with van der Waals surface area (Å²) in [7, 11) is 0. The SMILES string of the molecule is Cc1n[nH]c(C)c1-n1cc(C#N)c(=O)[nH]c1=O. The van der Waals surface area contributed by atoms with E-state index < -0.39 is 11.2 Å². The summed E-state index contributed by atoms with van der Waals surface area (Å²) in [6, 6.07) is 1.73. The molecule has 0 aromatic carbocycles. The molecule has 0 fully saturated rings. The number of rotatable bonds is 1. The van der Waals surface area contributed by atoms with E-state index in [2.05, 4.69) is 15.2 Å². The lowest BCUT2D eigenvalue weighted by molar-refractivity contribution is 0.877. The highest BCUT2D eigenvalue weighted by molar-refractivity contribution is 5.41. The Balaban J connectivity index is 2.82. The summed E-state index contributed by atoms with van der Waals surface area (Å²) < 4.78 is 1.20. The second kappa shape index (κ2) is 3.75. The number of hydrogen-bond acceptors (Lipinski definition) is 4. The minimum atomic E-state index is -0.687. The van der Waals surface area contributed by atoms with E-state index in [9.17, 15) is 9.59 Å². The second-order valence-corrected chi connectivity index (χ2v) is 3.57. The Labute approximate surface area is 95.3 Å². The first-order valence-corrected chi connectivity index (χ1v) is 4.82. The van der Waals surface area contributed by atoms with Crippen LogP contribution in [0, 0.1) is 25.2 Å². The molecule has 0 amide bonds. The molecule has 0 saturated heterocycles. The topological polar surface area (TPSA) is 107 Å². The Morgan fingerprint density at radius 3 is 2.65 bits per heavy atom. The van der Waals surface area contributed by atoms with Crippen molar-refractivity contribution in [2.45, 2.75) is 13.8 Å². The van der Waals surface area contributed by atoms with Crippen LogP contribution in [0.15, 0.2) is 15.8 Å². The summed E-state index contributed by atoms with van der Waals surface area (Å²) in [5, 5.41) is 15.4. The minimum absolute atomic E-state index is 0.121. The van der Waals surface area contributed by atoms with Crippen LogP contribution >= 0.6 is 0 Å². The molecule has 2 aromatic heterocycles. The number of nitrogens with zero attached hydrogens (tertiary/aromatic N) is 3. The average Bonchev–Trinajstić information content (AvgIpc) is 2.60. The van der Waals surface area contributed by atoms with Gasteiger partial charge in [-0.25, -0.2) is 4.79 Å². The molecular formula is C10H9N5O2. The maximum atomic E-state index is 11.7. The second-order valence-electron chi connectivity index (χ2n) is 3.57. The lowest BCUT2D eigenvalue weighted by Crippen LogP contribution is -2.30. The monoisotopic (exact) mass is 231 g/mol. The molecule has 0 atom stereocenters. The summed E-state index contributed by atoms with van der Waals surface area (Å²) in [4.78, 5) is 25.0. The van der Waals surface area contributed by atoms with Crippen LogP contribution in [0.1, 0.15) is 17.0 Å². The summed E-state index contributed by atoms with van der Waals surface area (Å²) >= 11 is 0. The molecule has 2 N–H and O–H groups in total. The summed E-state index contributed by atoms with van der Waals surface area (Å²) in [5.74, 6) is 0. The van der Waals surface area contributed by atoms with E-state index in [1.54, 1.807) is 19.9 Å². The molecule has 2 aromatic rings. The lowest BCUT2D eigenvalue weighted by atomic mass is 10.3. The number of aromatic amines is 2. The highest BCUT2D eigenvalue weighted by Gasteiger charge is 2.12. The predicted molar refractivity (Wildman–Crippen MR) is 59.0 cm³/mol. The van der Waals surface area contributed by atoms with E-state index >= 15 is 0 Å². The molecule has 17 heavy (non-hydrogen) atoms. The van der Waals surface area contributed by atoms with Gasteiger partial charge in [-0.3, -0.25) is 19.4 Å². The predicted octanol–water partition coefficient (Wildman–Crippen LogP) is -0.263. The van der Waals surface area contributed by atoms with Crippen molar-refractivity contribution in [1.82, 2.24) is 19.7 Å². The molecule has 7 nitrogen and oxygen atoms in total. The number of nitriles is 1. The van der Waals surface area contributed by atoms with E-state index in [1.165, 1.54) is 10.8 Å². The van der Waals surface area contributed by atoms with Gasteiger partial charge in [0.05, 0.1) is 17.1 Å². The Morgan fingerprint density at radius 2 is 2.12 bits per heavy atom. The summed E-state index contributed by atoms with van der Waals surface area (Å²) in [6.45, 7) is 3.47. The molecule has 0 aliphatic heterocycles. The number of H-pyrrole nitrogens is 2. The molecule has 0 bridgehead atoms. The Morgan fingerprint density at radius 1 is 1.41 bits per heavy atom. The van der Waals surface area contributed by atoms with Crippen molar-refractivity contribution in [3.63, 3.8) is 0 Å². The lowest BCUT2D eigenvalue weighted by Gasteiger charge is -2.04. The smallest absolute Gasteiger partial charge is 0.280 e. The molecule has 2 rings (SSSR count). The van der Waals surface area contributed by atoms with Gasteiger partial charge < -0.3 is 0 Å². The van der Waals surface area contributed by atoms with Crippen molar-refractivity contribution in [1.29, 1.82) is 5.26 Å². The van der Waals surface area contributed by atoms with Crippen molar-refractivity contribution in [2.75, 3.05) is 0 Å². The number of aryl methyl sites for hydroxylation is 2. The Hall–Kier alpha value is -2.62. The van der Waals surface area contributed by atoms with Crippen LogP contribution in [-0.2, 0) is 0 Å². The van der Waals surface area contributed by atoms with Gasteiger partial charge in [-0.15, -0.1) is 0 Å². The van der Waals surface area contributed by atoms with E-state index in [4.69, 9.17) is 5.26 Å². The molecule has 0 spiro atoms. The van der Waals surface area contributed by atoms with Crippen LogP contribution in [0.4, 0.5) is 0 Å². The van der Waals surface area contributed by atoms with E-state index in [0.717, 1.165) is 0 Å². The zero-order valence-corrected chi connectivity index (χ0v) is 9.24. The number of nitrogens with one attached hydrogen (secondary N) is 2. The highest BCUT2D eigenvalue weighted by Crippen LogP contribution is 2.12. The largest absolute Gasteiger partial charge is 0.333 e. The van der Waals surface area contributed by atoms with Gasteiger partial charge in [0.25, 0.3) is 5.56 Å². The number of hydrogen-bond donors (Lipinski definition) is 2. The molecule has 7 heteroatoms. The third-order valence-electron chi connectivity index (χ3n) is 2.39. The van der Waals surface area contributed by atoms with Gasteiger partial charge in [0, 0.05) is 6.20 Å². The van der Waals surface area contributed by atoms with Gasteiger partial charge >= 0.3 is 5.69 Å². The van der Waals surface area contributed by atoms with E-state index in [0.29, 0.717) is 17.1 Å². The first-order chi connectivity index (χ1) is 8.04. The third-order valence-corrected chi connectivity index (χ3v) is 2.39. The zero-order chi connectivity index (χ0) is 12.6. The van der Waals surface area contributed by atoms with Crippen LogP contribution in [0.3, 0.4) is 0 Å². The van der Waals surface area contributed by atoms with E-state index in [1.807, 2.05) is 0 Å². The normalized spacial score (nSPS) is 10.2. The zero-order valence-electron chi connectivity index (χ0n) is 9.24. The quantitative estimate of drug-likeness (QED) is 0.704. The van der Waals surface area contributed by atoms with Crippen molar-refractivity contribution in [3.8, 4) is 11.8 Å². The van der Waals surface area contributed by atoms with Crippen LogP contribution in [0.5, 0.6) is 0 Å². The minimum Gasteiger partial charge on any atom is -0.280 e. The fraction of sp³-hybridized carbons (Fsp3) is 0.200. The molecule has 0 saturated carbocycles. The van der Waals surface area contributed by atoms with Gasteiger partial charge in [0.15, 0.2) is 0 Å². The Kier molecular flexibility index (Phi) is 2.40. The molecule has 2 heterocycles. The molecule has 0 unspecified atom stereocenters. The van der Waals surface area contributed by atoms with Crippen LogP contribution in [0.2, 0.25) is 0 Å². The molecule has 0 radical (unpaired) electrons. The van der Waals surface area contributed by atoms with Gasteiger partial charge in [0.1, 0.15) is 11.6 Å². The third kappa shape index (κ3) is 1.65. The van der Waals surface area contributed by atoms with Crippen LogP contribution in [0.25, 0.3) is 5.69 Å². The summed E-state index contributed by atoms with van der Waals surface area (Å²) in [6.07, 6.45) is 1.21. The first kappa shape index (κ1) is 10.9. The Bertz CT molecular complexity index is 709. The van der Waals surface area contributed by atoms with Crippen molar-refractivity contribution >= 4 is 0 Å². The first-order valence-electron chi connectivity index (χ1n) is 4.82. The molecule has 0 aliphatic carbocycles. The number of aromatic nitrogens is 4. The van der Waals surface area contributed by atoms with Crippen molar-refractivity contribution in [2.24, 2.45) is 0 Å². The highest BCUT2D eigenvalue weighted by atomic mass is 16.2. The van der Waals surface area contributed by atoms with Gasteiger partial charge in [-0.1, -0.05) is 0 Å². The van der Waals surface area contributed by atoms with Crippen LogP contribution in [-0.4, -0.2) is 19.7 Å². The molecular weight excluding hydrogens is 222 g/mol. The maximum absolute atomic E-state index is 11.7. The molecule has 0 aliphatic rings. The van der Waals surface area contributed by atoms with Crippen LogP contribution < -0.4 is 11.2 Å². The van der Waals surface area contributed by atoms with Gasteiger partial charge in [0.2, 0.25) is 0 Å². The fourth-order valence-corrected chi connectivity index (χ4v) is 1.62. The van der Waals surface area contributed by atoms with Gasteiger partial charge in [-0.2, -0.15) is 10.4 Å². The maximum Gasteiger partial charge on any atom is 0.333 e. The average molecular weight is 231 g/mol.